The van der Waals surface area contributed by atoms with E-state index in [0.717, 1.165) is 22.4 Å². The van der Waals surface area contributed by atoms with E-state index in [1.54, 1.807) is 72.8 Å². The molecule has 8 heteroatoms. The number of carbonyl (C=O) groups is 1. The number of hydrogen-bond donors (Lipinski definition) is 1. The number of nitrogens with zero attached hydrogens (tertiary/aromatic N) is 1. The topological polar surface area (TPSA) is 75.7 Å². The molecular weight excluding hydrogens is 532 g/mol. The molecule has 0 radical (unpaired) electrons. The zero-order valence-electron chi connectivity index (χ0n) is 22.1. The van der Waals surface area contributed by atoms with Gasteiger partial charge in [0.2, 0.25) is 0 Å². The Morgan fingerprint density at radius 3 is 2.21 bits per heavy atom. The number of nitrogens with one attached hydrogen (secondary N) is 1. The summed E-state index contributed by atoms with van der Waals surface area (Å²) in [5.74, 6) is 0.372. The monoisotopic (exact) mass is 562 g/mol. The van der Waals surface area contributed by atoms with Crippen LogP contribution in [0.2, 0.25) is 5.02 Å². The summed E-state index contributed by atoms with van der Waals surface area (Å²) in [5, 5.41) is 3.56. The quantitative estimate of drug-likeness (QED) is 0.227. The zero-order chi connectivity index (χ0) is 28.0. The number of halogens is 1. The number of sulfonamides is 1. The van der Waals surface area contributed by atoms with Gasteiger partial charge in [-0.1, -0.05) is 65.7 Å². The fraction of sp³-hybridized carbons (Fsp3) is 0.194. The van der Waals surface area contributed by atoms with Crippen LogP contribution in [0.1, 0.15) is 46.9 Å². The van der Waals surface area contributed by atoms with Crippen LogP contribution in [0.15, 0.2) is 102 Å². The smallest absolute Gasteiger partial charge is 0.264 e. The molecule has 4 aromatic carbocycles. The molecule has 0 aliphatic rings. The van der Waals surface area contributed by atoms with Crippen LogP contribution in [0.25, 0.3) is 0 Å². The number of amides is 1. The van der Waals surface area contributed by atoms with E-state index in [2.05, 4.69) is 5.32 Å². The summed E-state index contributed by atoms with van der Waals surface area (Å²) in [6, 6.07) is 27.6. The highest BCUT2D eigenvalue weighted by Gasteiger charge is 2.29. The van der Waals surface area contributed by atoms with Crippen LogP contribution >= 0.6 is 11.6 Å². The van der Waals surface area contributed by atoms with E-state index in [-0.39, 0.29) is 34.6 Å². The fourth-order valence-electron chi connectivity index (χ4n) is 4.15. The first-order valence-corrected chi connectivity index (χ1v) is 14.5. The highest BCUT2D eigenvalue weighted by Crippen LogP contribution is 2.30. The van der Waals surface area contributed by atoms with Gasteiger partial charge in [0.05, 0.1) is 35.3 Å². The number of carbonyl (C=O) groups excluding carboxylic acids is 1. The number of aryl methyl sites for hydroxylation is 1. The summed E-state index contributed by atoms with van der Waals surface area (Å²) in [6.45, 7) is 6.29. The first kappa shape index (κ1) is 28.2. The predicted octanol–water partition coefficient (Wildman–Crippen LogP) is 6.93. The summed E-state index contributed by atoms with van der Waals surface area (Å²) >= 11 is 6.06. The van der Waals surface area contributed by atoms with Crippen LogP contribution in [-0.4, -0.2) is 20.9 Å². The highest BCUT2D eigenvalue weighted by molar-refractivity contribution is 7.92. The van der Waals surface area contributed by atoms with Gasteiger partial charge in [-0.2, -0.15) is 0 Å². The molecule has 0 saturated heterocycles. The molecule has 0 aromatic heterocycles. The molecule has 0 saturated carbocycles. The lowest BCUT2D eigenvalue weighted by molar-refractivity contribution is 0.0940. The minimum Gasteiger partial charge on any atom is -0.494 e. The van der Waals surface area contributed by atoms with Crippen molar-refractivity contribution in [3.63, 3.8) is 0 Å². The number of anilines is 1. The van der Waals surface area contributed by atoms with Gasteiger partial charge >= 0.3 is 0 Å². The molecular formula is C31H31ClN2O4S. The molecule has 1 N–H and O–H groups in total. The van der Waals surface area contributed by atoms with Gasteiger partial charge in [0.25, 0.3) is 15.9 Å². The second-order valence-corrected chi connectivity index (χ2v) is 11.5. The number of hydrogen-bond acceptors (Lipinski definition) is 4. The van der Waals surface area contributed by atoms with Gasteiger partial charge in [-0.05, 0) is 80.4 Å². The van der Waals surface area contributed by atoms with Crippen molar-refractivity contribution in [2.75, 3.05) is 10.9 Å². The second kappa shape index (κ2) is 12.4. The second-order valence-electron chi connectivity index (χ2n) is 9.17. The molecule has 39 heavy (non-hydrogen) atoms. The van der Waals surface area contributed by atoms with Crippen molar-refractivity contribution in [2.24, 2.45) is 0 Å². The summed E-state index contributed by atoms with van der Waals surface area (Å²) in [6.07, 6.45) is 0. The summed E-state index contributed by atoms with van der Waals surface area (Å²) in [4.78, 5) is 13.7. The van der Waals surface area contributed by atoms with Crippen molar-refractivity contribution in [3.05, 3.63) is 124 Å². The first-order chi connectivity index (χ1) is 18.7. The molecule has 1 atom stereocenters. The van der Waals surface area contributed by atoms with Gasteiger partial charge in [0.15, 0.2) is 0 Å². The third-order valence-electron chi connectivity index (χ3n) is 6.30. The van der Waals surface area contributed by atoms with Crippen LogP contribution in [0, 0.1) is 6.92 Å². The Balaban J connectivity index is 1.70. The third kappa shape index (κ3) is 6.80. The number of benzene rings is 4. The molecule has 202 valence electrons. The minimum atomic E-state index is -4.02. The molecule has 1 amide bonds. The van der Waals surface area contributed by atoms with Crippen molar-refractivity contribution in [1.29, 1.82) is 0 Å². The average Bonchev–Trinajstić information content (AvgIpc) is 2.93. The van der Waals surface area contributed by atoms with Crippen LogP contribution < -0.4 is 14.4 Å². The van der Waals surface area contributed by atoms with E-state index in [0.29, 0.717) is 11.6 Å². The molecule has 0 heterocycles. The van der Waals surface area contributed by atoms with Gasteiger partial charge in [-0.3, -0.25) is 9.10 Å². The molecule has 0 aliphatic heterocycles. The molecule has 0 fully saturated rings. The van der Waals surface area contributed by atoms with E-state index in [1.807, 2.05) is 45.0 Å². The molecule has 0 spiro atoms. The Morgan fingerprint density at radius 2 is 1.56 bits per heavy atom. The van der Waals surface area contributed by atoms with Crippen LogP contribution in [0.5, 0.6) is 5.75 Å². The van der Waals surface area contributed by atoms with Crippen molar-refractivity contribution in [1.82, 2.24) is 5.32 Å². The molecule has 0 bridgehead atoms. The molecule has 4 aromatic rings. The lowest BCUT2D eigenvalue weighted by atomic mass is 10.1. The van der Waals surface area contributed by atoms with Gasteiger partial charge in [0, 0.05) is 5.02 Å². The standard InChI is InChI=1S/C31H31ClN2O4S/c1-4-38-27-17-13-25(14-18-27)23(3)33-31(35)29-7-5-6-8-30(29)34(21-24-11-15-26(32)16-12-24)39(36,37)28-19-9-22(2)10-20-28/h5-20,23H,4,21H2,1-3H3,(H,33,35)/t23-/m1/s1. The third-order valence-corrected chi connectivity index (χ3v) is 8.33. The largest absolute Gasteiger partial charge is 0.494 e. The number of ether oxygens (including phenoxy) is 1. The first-order valence-electron chi connectivity index (χ1n) is 12.7. The minimum absolute atomic E-state index is 0.0200. The lowest BCUT2D eigenvalue weighted by Gasteiger charge is -2.27. The number of rotatable bonds is 10. The average molecular weight is 563 g/mol. The molecule has 0 unspecified atom stereocenters. The Morgan fingerprint density at radius 1 is 0.923 bits per heavy atom. The van der Waals surface area contributed by atoms with Gasteiger partial charge in [0.1, 0.15) is 5.75 Å². The van der Waals surface area contributed by atoms with Crippen molar-refractivity contribution < 1.29 is 17.9 Å². The van der Waals surface area contributed by atoms with Crippen LogP contribution in [0.3, 0.4) is 0 Å². The Labute approximate surface area is 235 Å². The zero-order valence-corrected chi connectivity index (χ0v) is 23.7. The van der Waals surface area contributed by atoms with Gasteiger partial charge in [-0.15, -0.1) is 0 Å². The Bertz CT molecular complexity index is 1520. The van der Waals surface area contributed by atoms with Crippen molar-refractivity contribution in [2.45, 2.75) is 38.3 Å². The van der Waals surface area contributed by atoms with Gasteiger partial charge in [-0.25, -0.2) is 8.42 Å². The molecule has 0 aliphatic carbocycles. The SMILES string of the molecule is CCOc1ccc([C@@H](C)NC(=O)c2ccccc2N(Cc2ccc(Cl)cc2)S(=O)(=O)c2ccc(C)cc2)cc1. The Kier molecular flexibility index (Phi) is 8.94. The van der Waals surface area contributed by atoms with E-state index < -0.39 is 10.0 Å². The van der Waals surface area contributed by atoms with Crippen LogP contribution in [0.4, 0.5) is 5.69 Å². The van der Waals surface area contributed by atoms with Crippen molar-refractivity contribution in [3.8, 4) is 5.75 Å². The van der Waals surface area contributed by atoms with E-state index in [9.17, 15) is 13.2 Å². The van der Waals surface area contributed by atoms with E-state index in [4.69, 9.17) is 16.3 Å². The molecule has 4 rings (SSSR count). The maximum absolute atomic E-state index is 14.0. The number of para-hydroxylation sites is 1. The van der Waals surface area contributed by atoms with Gasteiger partial charge < -0.3 is 10.1 Å². The Hall–Kier alpha value is -3.81. The highest BCUT2D eigenvalue weighted by atomic mass is 35.5. The van der Waals surface area contributed by atoms with E-state index in [1.165, 1.54) is 4.31 Å². The maximum Gasteiger partial charge on any atom is 0.264 e. The summed E-state index contributed by atoms with van der Waals surface area (Å²) in [7, 11) is -4.02. The summed E-state index contributed by atoms with van der Waals surface area (Å²) < 4.78 is 34.7. The fourth-order valence-corrected chi connectivity index (χ4v) is 5.75. The lowest BCUT2D eigenvalue weighted by Crippen LogP contribution is -2.34. The van der Waals surface area contributed by atoms with Crippen LogP contribution in [-0.2, 0) is 16.6 Å². The summed E-state index contributed by atoms with van der Waals surface area (Å²) in [5.41, 5.74) is 3.10. The predicted molar refractivity (Wildman–Crippen MR) is 156 cm³/mol. The van der Waals surface area contributed by atoms with E-state index >= 15 is 0 Å². The molecule has 6 nitrogen and oxygen atoms in total. The van der Waals surface area contributed by atoms with Crippen molar-refractivity contribution >= 4 is 33.2 Å². The maximum atomic E-state index is 14.0. The normalized spacial score (nSPS) is 12.0.